The van der Waals surface area contributed by atoms with Gasteiger partial charge in [-0.2, -0.15) is 0 Å². The fourth-order valence-corrected chi connectivity index (χ4v) is 3.04. The second kappa shape index (κ2) is 8.24. The van der Waals surface area contributed by atoms with Crippen LogP contribution in [0.1, 0.15) is 0 Å². The molecule has 136 valence electrons. The Kier molecular flexibility index (Phi) is 5.79. The second-order valence-corrected chi connectivity index (χ2v) is 6.87. The highest BCUT2D eigenvalue weighted by Crippen LogP contribution is 2.22. The highest BCUT2D eigenvalue weighted by atomic mass is 79.9. The summed E-state index contributed by atoms with van der Waals surface area (Å²) in [6.07, 6.45) is 1.63. The number of rotatable bonds is 5. The zero-order valence-electron chi connectivity index (χ0n) is 14.0. The minimum atomic E-state index is -0.389. The van der Waals surface area contributed by atoms with Crippen molar-refractivity contribution in [2.75, 3.05) is 42.9 Å². The molecule has 1 fully saturated rings. The number of carbonyl (C=O) groups is 1. The third kappa shape index (κ3) is 4.77. The van der Waals surface area contributed by atoms with Crippen LogP contribution in [-0.2, 0) is 4.79 Å². The van der Waals surface area contributed by atoms with Crippen molar-refractivity contribution in [3.05, 3.63) is 57.2 Å². The molecule has 9 heteroatoms. The number of benzene rings is 1. The minimum Gasteiger partial charge on any atom is -0.369 e. The van der Waals surface area contributed by atoms with E-state index in [1.807, 2.05) is 12.1 Å². The number of hydrogen-bond donors (Lipinski definition) is 1. The first-order chi connectivity index (χ1) is 12.5. The van der Waals surface area contributed by atoms with E-state index in [1.165, 1.54) is 6.07 Å². The fourth-order valence-electron chi connectivity index (χ4n) is 2.80. The van der Waals surface area contributed by atoms with E-state index < -0.39 is 0 Å². The molecule has 1 aliphatic rings. The average molecular weight is 420 g/mol. The third-order valence-electron chi connectivity index (χ3n) is 4.14. The Bertz CT molecular complexity index is 791. The van der Waals surface area contributed by atoms with E-state index in [9.17, 15) is 14.9 Å². The monoisotopic (exact) mass is 419 g/mol. The Morgan fingerprint density at radius 2 is 2.00 bits per heavy atom. The molecule has 0 bridgehead atoms. The van der Waals surface area contributed by atoms with E-state index >= 15 is 0 Å². The molecule has 8 nitrogen and oxygen atoms in total. The van der Waals surface area contributed by atoms with Gasteiger partial charge in [0.25, 0.3) is 5.69 Å². The number of nitrogens with one attached hydrogen (secondary N) is 1. The largest absolute Gasteiger partial charge is 0.369 e. The Hall–Kier alpha value is -2.52. The number of nitro groups is 1. The number of piperazine rings is 1. The Labute approximate surface area is 159 Å². The van der Waals surface area contributed by atoms with E-state index in [0.717, 1.165) is 10.2 Å². The number of anilines is 2. The predicted octanol–water partition coefficient (Wildman–Crippen LogP) is 2.51. The number of halogens is 1. The number of amides is 1. The molecule has 1 aliphatic heterocycles. The summed E-state index contributed by atoms with van der Waals surface area (Å²) in [6.45, 7) is 3.14. The zero-order chi connectivity index (χ0) is 18.5. The van der Waals surface area contributed by atoms with Gasteiger partial charge >= 0.3 is 0 Å². The number of aromatic nitrogens is 1. The van der Waals surface area contributed by atoms with Crippen molar-refractivity contribution in [1.29, 1.82) is 0 Å². The van der Waals surface area contributed by atoms with Gasteiger partial charge in [0.05, 0.1) is 11.5 Å². The van der Waals surface area contributed by atoms with Crippen LogP contribution in [0.2, 0.25) is 0 Å². The Balaban J connectivity index is 1.50. The first-order valence-electron chi connectivity index (χ1n) is 8.14. The second-order valence-electron chi connectivity index (χ2n) is 5.95. The van der Waals surface area contributed by atoms with Crippen molar-refractivity contribution >= 4 is 39.0 Å². The van der Waals surface area contributed by atoms with Gasteiger partial charge in [0.2, 0.25) is 5.91 Å². The van der Waals surface area contributed by atoms with Gasteiger partial charge in [0, 0.05) is 54.7 Å². The smallest absolute Gasteiger partial charge is 0.271 e. The number of hydrogen-bond acceptors (Lipinski definition) is 6. The lowest BCUT2D eigenvalue weighted by molar-refractivity contribution is -0.384. The number of nitrogens with zero attached hydrogens (tertiary/aromatic N) is 4. The molecular weight excluding hydrogens is 402 g/mol. The van der Waals surface area contributed by atoms with Crippen LogP contribution in [0.5, 0.6) is 0 Å². The minimum absolute atomic E-state index is 0.0892. The highest BCUT2D eigenvalue weighted by Gasteiger charge is 2.20. The Morgan fingerprint density at radius 1 is 1.23 bits per heavy atom. The SMILES string of the molecule is O=C(CN1CCN(c2cccc([N+](=O)[O-])c2)CC1)Nc1ccc(Br)cn1. The predicted molar refractivity (Wildman–Crippen MR) is 102 cm³/mol. The molecule has 2 heterocycles. The molecule has 1 N–H and O–H groups in total. The summed E-state index contributed by atoms with van der Waals surface area (Å²) < 4.78 is 0.854. The molecule has 3 rings (SSSR count). The standard InChI is InChI=1S/C17H18BrN5O3/c18-13-4-5-16(19-11-13)20-17(24)12-21-6-8-22(9-7-21)14-2-1-3-15(10-14)23(25)26/h1-5,10-11H,6-9,12H2,(H,19,20,24). The van der Waals surface area contributed by atoms with Crippen LogP contribution in [0, 0.1) is 10.1 Å². The van der Waals surface area contributed by atoms with E-state index in [2.05, 4.69) is 36.0 Å². The summed E-state index contributed by atoms with van der Waals surface area (Å²) in [7, 11) is 0. The quantitative estimate of drug-likeness (QED) is 0.591. The van der Waals surface area contributed by atoms with Crippen molar-refractivity contribution in [2.24, 2.45) is 0 Å². The van der Waals surface area contributed by atoms with Crippen LogP contribution in [0.4, 0.5) is 17.2 Å². The van der Waals surface area contributed by atoms with Crippen LogP contribution in [0.15, 0.2) is 47.1 Å². The van der Waals surface area contributed by atoms with E-state index in [4.69, 9.17) is 0 Å². The molecule has 0 atom stereocenters. The van der Waals surface area contributed by atoms with Gasteiger partial charge in [-0.1, -0.05) is 6.07 Å². The molecule has 1 amide bonds. The van der Waals surface area contributed by atoms with Crippen LogP contribution < -0.4 is 10.2 Å². The first kappa shape index (κ1) is 18.3. The van der Waals surface area contributed by atoms with Crippen molar-refractivity contribution in [3.63, 3.8) is 0 Å². The lowest BCUT2D eigenvalue weighted by Crippen LogP contribution is -2.48. The normalized spacial score (nSPS) is 14.9. The summed E-state index contributed by atoms with van der Waals surface area (Å²) in [5, 5.41) is 13.7. The topological polar surface area (TPSA) is 91.6 Å². The van der Waals surface area contributed by atoms with Crippen LogP contribution in [0.3, 0.4) is 0 Å². The average Bonchev–Trinajstić information content (AvgIpc) is 2.64. The third-order valence-corrected chi connectivity index (χ3v) is 4.61. The zero-order valence-corrected chi connectivity index (χ0v) is 15.6. The van der Waals surface area contributed by atoms with Gasteiger partial charge in [-0.05, 0) is 34.1 Å². The molecule has 2 aromatic rings. The van der Waals surface area contributed by atoms with Gasteiger partial charge < -0.3 is 10.2 Å². The molecule has 1 saturated heterocycles. The van der Waals surface area contributed by atoms with E-state index in [0.29, 0.717) is 38.5 Å². The molecule has 0 unspecified atom stereocenters. The molecular formula is C17H18BrN5O3. The first-order valence-corrected chi connectivity index (χ1v) is 8.94. The molecule has 1 aromatic carbocycles. The van der Waals surface area contributed by atoms with Gasteiger partial charge in [-0.15, -0.1) is 0 Å². The summed E-state index contributed by atoms with van der Waals surface area (Å²) in [6, 6.07) is 10.2. The number of non-ortho nitro benzene ring substituents is 1. The molecule has 1 aromatic heterocycles. The molecule has 0 saturated carbocycles. The maximum absolute atomic E-state index is 12.1. The van der Waals surface area contributed by atoms with Gasteiger partial charge in [-0.25, -0.2) is 4.98 Å². The number of carbonyl (C=O) groups excluding carboxylic acids is 1. The lowest BCUT2D eigenvalue weighted by atomic mass is 10.2. The van der Waals surface area contributed by atoms with Crippen molar-refractivity contribution in [2.45, 2.75) is 0 Å². The molecule has 26 heavy (non-hydrogen) atoms. The molecule has 0 radical (unpaired) electrons. The van der Waals surface area contributed by atoms with E-state index in [1.54, 1.807) is 24.4 Å². The maximum atomic E-state index is 12.1. The summed E-state index contributed by atoms with van der Waals surface area (Å²) in [4.78, 5) is 30.9. The molecule has 0 aliphatic carbocycles. The van der Waals surface area contributed by atoms with E-state index in [-0.39, 0.29) is 16.5 Å². The van der Waals surface area contributed by atoms with Crippen LogP contribution in [-0.4, -0.2) is 53.4 Å². The summed E-state index contributed by atoms with van der Waals surface area (Å²) in [5.74, 6) is 0.414. The van der Waals surface area contributed by atoms with Gasteiger partial charge in [-0.3, -0.25) is 19.8 Å². The number of pyridine rings is 1. The fraction of sp³-hybridized carbons (Fsp3) is 0.294. The van der Waals surface area contributed by atoms with Crippen molar-refractivity contribution < 1.29 is 9.72 Å². The van der Waals surface area contributed by atoms with Gasteiger partial charge in [0.15, 0.2) is 0 Å². The summed E-state index contributed by atoms with van der Waals surface area (Å²) in [5.41, 5.74) is 0.925. The van der Waals surface area contributed by atoms with Gasteiger partial charge in [0.1, 0.15) is 5.82 Å². The van der Waals surface area contributed by atoms with Crippen molar-refractivity contribution in [3.8, 4) is 0 Å². The van der Waals surface area contributed by atoms with Crippen molar-refractivity contribution in [1.82, 2.24) is 9.88 Å². The maximum Gasteiger partial charge on any atom is 0.271 e. The van der Waals surface area contributed by atoms with Crippen LogP contribution >= 0.6 is 15.9 Å². The number of nitro benzene ring substituents is 1. The highest BCUT2D eigenvalue weighted by molar-refractivity contribution is 9.10. The summed E-state index contributed by atoms with van der Waals surface area (Å²) >= 11 is 3.30. The molecule has 0 spiro atoms. The lowest BCUT2D eigenvalue weighted by Gasteiger charge is -2.35. The Morgan fingerprint density at radius 3 is 2.65 bits per heavy atom. The van der Waals surface area contributed by atoms with Crippen LogP contribution in [0.25, 0.3) is 0 Å².